The van der Waals surface area contributed by atoms with Gasteiger partial charge in [0.25, 0.3) is 0 Å². The van der Waals surface area contributed by atoms with Crippen LogP contribution in [0.3, 0.4) is 0 Å². The summed E-state index contributed by atoms with van der Waals surface area (Å²) in [6.07, 6.45) is 11.0. The highest BCUT2D eigenvalue weighted by molar-refractivity contribution is 5.43. The first-order chi connectivity index (χ1) is 14.0. The molecule has 7 atom stereocenters. The predicted molar refractivity (Wildman–Crippen MR) is 119 cm³/mol. The van der Waals surface area contributed by atoms with Crippen LogP contribution in [0.1, 0.15) is 73.1 Å². The van der Waals surface area contributed by atoms with Crippen molar-refractivity contribution in [3.63, 3.8) is 0 Å². The maximum absolute atomic E-state index is 11.0. The molecule has 0 radical (unpaired) electrons. The summed E-state index contributed by atoms with van der Waals surface area (Å²) in [5.74, 6) is 0.817. The van der Waals surface area contributed by atoms with E-state index < -0.39 is 17.8 Å². The van der Waals surface area contributed by atoms with Crippen molar-refractivity contribution >= 4 is 0 Å². The Morgan fingerprint density at radius 1 is 1.20 bits per heavy atom. The van der Waals surface area contributed by atoms with Gasteiger partial charge in [-0.1, -0.05) is 43.2 Å². The average molecular weight is 417 g/mol. The smallest absolute Gasteiger partial charge is 0.0762 e. The summed E-state index contributed by atoms with van der Waals surface area (Å²) >= 11 is 0. The van der Waals surface area contributed by atoms with Gasteiger partial charge in [-0.2, -0.15) is 0 Å². The van der Waals surface area contributed by atoms with Crippen LogP contribution in [0.15, 0.2) is 34.9 Å². The van der Waals surface area contributed by atoms with Crippen molar-refractivity contribution in [1.82, 2.24) is 0 Å². The minimum absolute atomic E-state index is 0.0557. The van der Waals surface area contributed by atoms with Crippen LogP contribution < -0.4 is 0 Å². The second kappa shape index (κ2) is 7.58. The molecule has 3 N–H and O–H groups in total. The lowest BCUT2D eigenvalue weighted by Gasteiger charge is -2.56. The molecular formula is C26H40O4. The topological polar surface area (TPSA) is 69.9 Å². The molecule has 4 rings (SSSR count). The van der Waals surface area contributed by atoms with E-state index in [1.165, 1.54) is 16.7 Å². The first kappa shape index (κ1) is 22.3. The quantitative estimate of drug-likeness (QED) is 0.584. The molecule has 168 valence electrons. The number of rotatable bonds is 5. The van der Waals surface area contributed by atoms with E-state index in [4.69, 9.17) is 4.74 Å². The Bertz CT molecular complexity index is 772. The van der Waals surface area contributed by atoms with Crippen LogP contribution in [0.2, 0.25) is 0 Å². The van der Waals surface area contributed by atoms with Gasteiger partial charge < -0.3 is 20.1 Å². The summed E-state index contributed by atoms with van der Waals surface area (Å²) in [4.78, 5) is 0. The molecule has 4 aliphatic rings. The number of aliphatic hydroxyl groups excluding tert-OH is 2. The Labute approximate surface area is 181 Å². The van der Waals surface area contributed by atoms with E-state index in [1.54, 1.807) is 0 Å². The van der Waals surface area contributed by atoms with E-state index in [0.717, 1.165) is 19.3 Å². The van der Waals surface area contributed by atoms with Gasteiger partial charge >= 0.3 is 0 Å². The molecule has 0 aliphatic heterocycles. The van der Waals surface area contributed by atoms with E-state index >= 15 is 0 Å². The zero-order valence-corrected chi connectivity index (χ0v) is 19.3. The Balaban J connectivity index is 1.54. The van der Waals surface area contributed by atoms with Gasteiger partial charge in [0, 0.05) is 11.8 Å². The highest BCUT2D eigenvalue weighted by Crippen LogP contribution is 2.64. The van der Waals surface area contributed by atoms with E-state index in [9.17, 15) is 15.3 Å². The number of hydrogen-bond donors (Lipinski definition) is 3. The first-order valence-electron chi connectivity index (χ1n) is 11.8. The van der Waals surface area contributed by atoms with Gasteiger partial charge in [-0.3, -0.25) is 0 Å². The summed E-state index contributed by atoms with van der Waals surface area (Å²) in [6, 6.07) is 0. The van der Waals surface area contributed by atoms with Crippen molar-refractivity contribution in [2.75, 3.05) is 6.61 Å². The molecule has 30 heavy (non-hydrogen) atoms. The minimum atomic E-state index is -0.699. The molecule has 0 amide bonds. The van der Waals surface area contributed by atoms with E-state index in [2.05, 4.69) is 39.0 Å². The molecule has 0 spiro atoms. The maximum Gasteiger partial charge on any atom is 0.0762 e. The molecular weight excluding hydrogens is 376 g/mol. The van der Waals surface area contributed by atoms with Crippen molar-refractivity contribution in [3.8, 4) is 0 Å². The van der Waals surface area contributed by atoms with Gasteiger partial charge in [0.1, 0.15) is 0 Å². The van der Waals surface area contributed by atoms with Crippen LogP contribution in [-0.4, -0.2) is 45.8 Å². The van der Waals surface area contributed by atoms with Crippen LogP contribution in [0.4, 0.5) is 0 Å². The van der Waals surface area contributed by atoms with Crippen molar-refractivity contribution in [3.05, 3.63) is 34.9 Å². The normalized spacial score (nSPS) is 41.8. The third kappa shape index (κ3) is 3.54. The Hall–Kier alpha value is -0.940. The van der Waals surface area contributed by atoms with Crippen LogP contribution in [0, 0.1) is 22.7 Å². The lowest BCUT2D eigenvalue weighted by Crippen LogP contribution is -2.52. The second-order valence-corrected chi connectivity index (χ2v) is 11.3. The number of fused-ring (bicyclic) bond motifs is 5. The van der Waals surface area contributed by atoms with Gasteiger partial charge in [0.15, 0.2) is 0 Å². The molecule has 0 bridgehead atoms. The number of hydrogen-bond acceptors (Lipinski definition) is 4. The van der Waals surface area contributed by atoms with Crippen LogP contribution in [-0.2, 0) is 4.74 Å². The summed E-state index contributed by atoms with van der Waals surface area (Å²) in [5, 5.41) is 31.2. The Kier molecular flexibility index (Phi) is 5.63. The predicted octanol–water partition coefficient (Wildman–Crippen LogP) is 4.30. The molecule has 2 saturated carbocycles. The summed E-state index contributed by atoms with van der Waals surface area (Å²) in [7, 11) is 0. The van der Waals surface area contributed by atoms with E-state index in [0.29, 0.717) is 37.7 Å². The van der Waals surface area contributed by atoms with Crippen LogP contribution >= 0.6 is 0 Å². The lowest BCUT2D eigenvalue weighted by molar-refractivity contribution is -0.0506. The Morgan fingerprint density at radius 3 is 2.63 bits per heavy atom. The zero-order valence-electron chi connectivity index (χ0n) is 19.3. The molecule has 0 aromatic rings. The number of ether oxygens (including phenoxy) is 1. The molecule has 0 aromatic heterocycles. The van der Waals surface area contributed by atoms with Gasteiger partial charge in [-0.15, -0.1) is 0 Å². The lowest BCUT2D eigenvalue weighted by atomic mass is 9.49. The molecule has 4 heteroatoms. The van der Waals surface area contributed by atoms with Crippen molar-refractivity contribution in [1.29, 1.82) is 0 Å². The van der Waals surface area contributed by atoms with Gasteiger partial charge in [0.05, 0.1) is 30.5 Å². The molecule has 1 unspecified atom stereocenters. The minimum Gasteiger partial charge on any atom is -0.393 e. The van der Waals surface area contributed by atoms with E-state index in [1.807, 2.05) is 13.8 Å². The monoisotopic (exact) mass is 416 g/mol. The highest BCUT2D eigenvalue weighted by atomic mass is 16.5. The van der Waals surface area contributed by atoms with Crippen LogP contribution in [0.25, 0.3) is 0 Å². The van der Waals surface area contributed by atoms with Gasteiger partial charge in [-0.25, -0.2) is 0 Å². The third-order valence-corrected chi connectivity index (χ3v) is 8.81. The van der Waals surface area contributed by atoms with Crippen molar-refractivity contribution in [2.45, 2.75) is 97.1 Å². The first-order valence-corrected chi connectivity index (χ1v) is 11.8. The number of allylic oxidation sites excluding steroid dienone is 4. The molecule has 4 aliphatic carbocycles. The fourth-order valence-electron chi connectivity index (χ4n) is 6.87. The maximum atomic E-state index is 11.0. The summed E-state index contributed by atoms with van der Waals surface area (Å²) in [6.45, 7) is 11.0. The highest BCUT2D eigenvalue weighted by Gasteiger charge is 2.57. The Morgan fingerprint density at radius 2 is 1.93 bits per heavy atom. The molecule has 0 aromatic carbocycles. The third-order valence-electron chi connectivity index (χ3n) is 8.81. The molecule has 0 saturated heterocycles. The second-order valence-electron chi connectivity index (χ2n) is 11.3. The standard InChI is InChI=1S/C26H40O4/c1-16(30-13-12-24(2,3)29)20-8-9-21-19-7-6-17-14-18(27)15-23(28)26(17,5)22(19)10-11-25(20,21)4/h6-8,16,18,21-23,27-29H,9-15H2,1-5H3/t16?,18-,21+,22+,23+,25-,26+/m1/s1. The van der Waals surface area contributed by atoms with E-state index in [-0.39, 0.29) is 16.9 Å². The molecule has 2 fully saturated rings. The van der Waals surface area contributed by atoms with Crippen molar-refractivity contribution in [2.24, 2.45) is 22.7 Å². The van der Waals surface area contributed by atoms with Crippen LogP contribution in [0.5, 0.6) is 0 Å². The average Bonchev–Trinajstić information content (AvgIpc) is 2.99. The largest absolute Gasteiger partial charge is 0.393 e. The fourth-order valence-corrected chi connectivity index (χ4v) is 6.87. The summed E-state index contributed by atoms with van der Waals surface area (Å²) < 4.78 is 6.16. The van der Waals surface area contributed by atoms with Crippen molar-refractivity contribution < 1.29 is 20.1 Å². The summed E-state index contributed by atoms with van der Waals surface area (Å²) in [5.41, 5.74) is 3.26. The zero-order chi connectivity index (χ0) is 21.9. The van der Waals surface area contributed by atoms with Gasteiger partial charge in [-0.05, 0) is 75.7 Å². The number of aliphatic hydroxyl groups is 3. The van der Waals surface area contributed by atoms with Gasteiger partial charge in [0.2, 0.25) is 0 Å². The SMILES string of the molecule is CC(OCCC(C)(C)O)C1=CC[C@H]2C3=CC=C4C[C@@H](O)C[C@H](O)[C@]4(C)[C@H]3CC[C@]12C. The molecule has 4 nitrogen and oxygen atoms in total. The fraction of sp³-hybridized carbons (Fsp3) is 0.769. The molecule has 0 heterocycles.